The fourth-order valence-electron chi connectivity index (χ4n) is 2.54. The zero-order valence-electron chi connectivity index (χ0n) is 13.8. The number of nitrogens with one attached hydrogen (secondary N) is 2. The molecule has 2 aromatic heterocycles. The predicted molar refractivity (Wildman–Crippen MR) is 95.8 cm³/mol. The molecule has 0 unspecified atom stereocenters. The minimum absolute atomic E-state index is 0.207. The van der Waals surface area contributed by atoms with Crippen molar-refractivity contribution < 1.29 is 0 Å². The van der Waals surface area contributed by atoms with Crippen molar-refractivity contribution in [1.29, 1.82) is 5.41 Å². The first kappa shape index (κ1) is 16.3. The van der Waals surface area contributed by atoms with Gasteiger partial charge in [-0.3, -0.25) is 5.41 Å². The molecule has 5 nitrogen and oxygen atoms in total. The highest BCUT2D eigenvalue weighted by Crippen LogP contribution is 2.29. The molecule has 3 rings (SSSR count). The Morgan fingerprint density at radius 3 is 2.96 bits per heavy atom. The molecule has 0 amide bonds. The van der Waals surface area contributed by atoms with Crippen LogP contribution in [0.15, 0.2) is 34.6 Å². The highest BCUT2D eigenvalue weighted by Gasteiger charge is 2.11. The van der Waals surface area contributed by atoms with Gasteiger partial charge in [-0.25, -0.2) is 9.97 Å². The molecular formula is C18H19N5S. The third-order valence-electron chi connectivity index (χ3n) is 3.76. The van der Waals surface area contributed by atoms with Crippen LogP contribution in [-0.2, 0) is 6.54 Å². The lowest BCUT2D eigenvalue weighted by Crippen LogP contribution is -2.12. The molecule has 122 valence electrons. The van der Waals surface area contributed by atoms with E-state index in [0.29, 0.717) is 11.9 Å². The van der Waals surface area contributed by atoms with Crippen LogP contribution in [0.3, 0.4) is 0 Å². The summed E-state index contributed by atoms with van der Waals surface area (Å²) in [7, 11) is 0. The fourth-order valence-corrected chi connectivity index (χ4v) is 3.39. The van der Waals surface area contributed by atoms with Crippen LogP contribution in [0.25, 0.3) is 11.2 Å². The molecule has 0 saturated carbocycles. The second kappa shape index (κ2) is 6.93. The van der Waals surface area contributed by atoms with E-state index < -0.39 is 0 Å². The monoisotopic (exact) mass is 337 g/mol. The summed E-state index contributed by atoms with van der Waals surface area (Å²) in [5, 5.41) is 8.77. The fraction of sp³-hybridized carbons (Fsp3) is 0.278. The lowest BCUT2D eigenvalue weighted by Gasteiger charge is -2.05. The largest absolute Gasteiger partial charge is 0.328 e. The van der Waals surface area contributed by atoms with Crippen LogP contribution in [0.1, 0.15) is 24.0 Å². The van der Waals surface area contributed by atoms with Gasteiger partial charge in [-0.05, 0) is 31.9 Å². The van der Waals surface area contributed by atoms with Gasteiger partial charge in [-0.2, -0.15) is 0 Å². The van der Waals surface area contributed by atoms with Crippen molar-refractivity contribution in [3.63, 3.8) is 0 Å². The summed E-state index contributed by atoms with van der Waals surface area (Å²) in [6.07, 6.45) is 8.55. The van der Waals surface area contributed by atoms with Gasteiger partial charge in [-0.1, -0.05) is 29.5 Å². The van der Waals surface area contributed by atoms with Crippen LogP contribution in [0.2, 0.25) is 0 Å². The lowest BCUT2D eigenvalue weighted by atomic mass is 10.2. The molecule has 6 heteroatoms. The number of aryl methyl sites for hydroxylation is 3. The Labute approximate surface area is 145 Å². The number of terminal acetylenes is 1. The first-order valence-electron chi connectivity index (χ1n) is 7.77. The molecule has 0 fully saturated rings. The summed E-state index contributed by atoms with van der Waals surface area (Å²) in [6.45, 7) is 4.92. The summed E-state index contributed by atoms with van der Waals surface area (Å²) in [6, 6.07) is 6.35. The van der Waals surface area contributed by atoms with Crippen molar-refractivity contribution in [2.45, 2.75) is 43.3 Å². The number of hydrogen-bond acceptors (Lipinski definition) is 4. The van der Waals surface area contributed by atoms with E-state index in [0.717, 1.165) is 28.7 Å². The van der Waals surface area contributed by atoms with Crippen LogP contribution in [0.4, 0.5) is 0 Å². The van der Waals surface area contributed by atoms with E-state index in [1.165, 1.54) is 11.1 Å². The van der Waals surface area contributed by atoms with Gasteiger partial charge in [0, 0.05) is 17.9 Å². The molecule has 0 radical (unpaired) electrons. The van der Waals surface area contributed by atoms with Gasteiger partial charge in [0.05, 0.1) is 6.33 Å². The standard InChI is InChI=1S/C18H19N5S/c1-4-5-6-9-23-11-20-16(19)15-17(23)22-18(21-15)24-14-8-7-12(2)10-13(14)3/h1,7-8,10-11,19H,5-6,9H2,2-3H3,(H,21,22). The van der Waals surface area contributed by atoms with E-state index in [2.05, 4.69) is 52.9 Å². The summed E-state index contributed by atoms with van der Waals surface area (Å²) in [4.78, 5) is 13.2. The van der Waals surface area contributed by atoms with Gasteiger partial charge in [0.25, 0.3) is 0 Å². The maximum Gasteiger partial charge on any atom is 0.173 e. The van der Waals surface area contributed by atoms with Crippen LogP contribution in [0.5, 0.6) is 0 Å². The SMILES string of the molecule is C#CCCCn1cnc(=N)c2[nH]c(Sc3ccc(C)cc3C)nc21. The minimum atomic E-state index is 0.207. The maximum atomic E-state index is 8.00. The first-order chi connectivity index (χ1) is 11.6. The number of fused-ring (bicyclic) bond motifs is 1. The molecule has 0 bridgehead atoms. The van der Waals surface area contributed by atoms with E-state index in [-0.39, 0.29) is 5.49 Å². The van der Waals surface area contributed by atoms with E-state index in [1.54, 1.807) is 18.1 Å². The quantitative estimate of drug-likeness (QED) is 0.553. The average molecular weight is 337 g/mol. The zero-order chi connectivity index (χ0) is 17.1. The number of benzene rings is 1. The molecule has 2 N–H and O–H groups in total. The molecule has 0 aliphatic carbocycles. The van der Waals surface area contributed by atoms with Crippen molar-refractivity contribution in [3.8, 4) is 12.3 Å². The number of hydrogen-bond donors (Lipinski definition) is 2. The summed E-state index contributed by atoms with van der Waals surface area (Å²) in [5.74, 6) is 2.64. The second-order valence-corrected chi connectivity index (χ2v) is 6.74. The predicted octanol–water partition coefficient (Wildman–Crippen LogP) is 3.42. The van der Waals surface area contributed by atoms with E-state index in [9.17, 15) is 0 Å². The van der Waals surface area contributed by atoms with E-state index in [1.807, 2.05) is 4.57 Å². The van der Waals surface area contributed by atoms with E-state index >= 15 is 0 Å². The normalized spacial score (nSPS) is 10.9. The smallest absolute Gasteiger partial charge is 0.173 e. The van der Waals surface area contributed by atoms with Crippen molar-refractivity contribution >= 4 is 22.9 Å². The Morgan fingerprint density at radius 2 is 2.21 bits per heavy atom. The molecule has 0 aliphatic heterocycles. The number of H-pyrrole nitrogens is 1. The second-order valence-electron chi connectivity index (χ2n) is 5.71. The Hall–Kier alpha value is -2.52. The topological polar surface area (TPSA) is 70.3 Å². The third-order valence-corrected chi connectivity index (χ3v) is 4.82. The average Bonchev–Trinajstić information content (AvgIpc) is 2.97. The molecule has 3 aromatic rings. The van der Waals surface area contributed by atoms with E-state index in [4.69, 9.17) is 11.8 Å². The van der Waals surface area contributed by atoms with Crippen molar-refractivity contribution in [2.24, 2.45) is 0 Å². The molecular weight excluding hydrogens is 318 g/mol. The molecule has 1 aromatic carbocycles. The Kier molecular flexibility index (Phi) is 4.72. The van der Waals surface area contributed by atoms with Crippen molar-refractivity contribution in [1.82, 2.24) is 19.5 Å². The summed E-state index contributed by atoms with van der Waals surface area (Å²) >= 11 is 1.57. The molecule has 0 spiro atoms. The van der Waals surface area contributed by atoms with Gasteiger partial charge in [0.2, 0.25) is 0 Å². The summed E-state index contributed by atoms with van der Waals surface area (Å²) in [5.41, 5.74) is 4.07. The molecule has 2 heterocycles. The summed E-state index contributed by atoms with van der Waals surface area (Å²) < 4.78 is 1.95. The van der Waals surface area contributed by atoms with Crippen molar-refractivity contribution in [3.05, 3.63) is 41.1 Å². The minimum Gasteiger partial charge on any atom is -0.328 e. The Morgan fingerprint density at radius 1 is 1.38 bits per heavy atom. The van der Waals surface area contributed by atoms with Gasteiger partial charge in [0.15, 0.2) is 16.3 Å². The number of imidazole rings is 1. The molecule has 0 aliphatic rings. The first-order valence-corrected chi connectivity index (χ1v) is 8.58. The molecule has 0 saturated heterocycles. The Bertz CT molecular complexity index is 977. The van der Waals surface area contributed by atoms with Crippen LogP contribution < -0.4 is 5.49 Å². The van der Waals surface area contributed by atoms with Gasteiger partial charge in [0.1, 0.15) is 5.52 Å². The van der Waals surface area contributed by atoms with Crippen LogP contribution >= 0.6 is 11.8 Å². The number of unbranched alkanes of at least 4 members (excludes halogenated alkanes) is 1. The lowest BCUT2D eigenvalue weighted by molar-refractivity contribution is 0.653. The maximum absolute atomic E-state index is 8.00. The van der Waals surface area contributed by atoms with Crippen molar-refractivity contribution in [2.75, 3.05) is 0 Å². The van der Waals surface area contributed by atoms with Gasteiger partial charge in [-0.15, -0.1) is 12.3 Å². The molecule has 24 heavy (non-hydrogen) atoms. The number of rotatable bonds is 5. The van der Waals surface area contributed by atoms with Crippen LogP contribution in [-0.4, -0.2) is 19.5 Å². The third kappa shape index (κ3) is 3.36. The Balaban J connectivity index is 1.95. The zero-order valence-corrected chi connectivity index (χ0v) is 14.6. The van der Waals surface area contributed by atoms with Gasteiger partial charge < -0.3 is 9.55 Å². The number of nitrogens with zero attached hydrogens (tertiary/aromatic N) is 3. The highest BCUT2D eigenvalue weighted by molar-refractivity contribution is 7.99. The number of aromatic amines is 1. The molecule has 0 atom stereocenters. The number of aromatic nitrogens is 4. The van der Waals surface area contributed by atoms with Crippen LogP contribution in [0, 0.1) is 31.6 Å². The highest BCUT2D eigenvalue weighted by atomic mass is 32.2. The van der Waals surface area contributed by atoms with Gasteiger partial charge >= 0.3 is 0 Å².